The Labute approximate surface area is 164 Å². The zero-order chi connectivity index (χ0) is 19.0. The minimum absolute atomic E-state index is 0.0196. The summed E-state index contributed by atoms with van der Waals surface area (Å²) in [5, 5.41) is 0. The smallest absolute Gasteiger partial charge is 0.253 e. The first kappa shape index (κ1) is 18.5. The van der Waals surface area contributed by atoms with E-state index in [2.05, 4.69) is 18.7 Å². The molecular weight excluding hydrogens is 364 g/mol. The van der Waals surface area contributed by atoms with Crippen LogP contribution < -0.4 is 9.47 Å². The van der Waals surface area contributed by atoms with Crippen LogP contribution in [0.3, 0.4) is 0 Å². The molecule has 0 atom stereocenters. The summed E-state index contributed by atoms with van der Waals surface area (Å²) in [4.78, 5) is 29.4. The molecule has 7 heteroatoms. The summed E-state index contributed by atoms with van der Waals surface area (Å²) in [5.74, 6) is 2.95. The minimum atomic E-state index is -0.127. The van der Waals surface area contributed by atoms with E-state index >= 15 is 0 Å². The highest BCUT2D eigenvalue weighted by atomic mass is 32.2. The summed E-state index contributed by atoms with van der Waals surface area (Å²) in [6.07, 6.45) is 2.26. The quantitative estimate of drug-likeness (QED) is 0.794. The van der Waals surface area contributed by atoms with Crippen LogP contribution in [-0.4, -0.2) is 58.7 Å². The van der Waals surface area contributed by atoms with Crippen molar-refractivity contribution in [2.24, 2.45) is 5.92 Å². The van der Waals surface area contributed by atoms with Gasteiger partial charge in [0.15, 0.2) is 11.5 Å². The van der Waals surface area contributed by atoms with Crippen molar-refractivity contribution in [2.75, 3.05) is 32.2 Å². The van der Waals surface area contributed by atoms with Crippen LogP contribution in [0.5, 0.6) is 11.5 Å². The van der Waals surface area contributed by atoms with Crippen LogP contribution >= 0.6 is 11.8 Å². The third-order valence-corrected chi connectivity index (χ3v) is 7.07. The van der Waals surface area contributed by atoms with Crippen LogP contribution in [-0.2, 0) is 4.79 Å². The van der Waals surface area contributed by atoms with Gasteiger partial charge in [0.25, 0.3) is 5.91 Å². The molecule has 0 aromatic heterocycles. The number of benzene rings is 1. The molecule has 2 fully saturated rings. The number of hydrogen-bond donors (Lipinski definition) is 0. The molecule has 3 aliphatic rings. The lowest BCUT2D eigenvalue weighted by molar-refractivity contribution is -0.135. The number of thioether (sulfide) groups is 1. The van der Waals surface area contributed by atoms with E-state index in [1.807, 2.05) is 16.7 Å². The molecule has 6 nitrogen and oxygen atoms in total. The highest BCUT2D eigenvalue weighted by Gasteiger charge is 2.46. The molecule has 0 aliphatic carbocycles. The lowest BCUT2D eigenvalue weighted by Gasteiger charge is -2.44. The molecule has 0 unspecified atom stereocenters. The Bertz CT molecular complexity index is 743. The van der Waals surface area contributed by atoms with Gasteiger partial charge in [-0.15, -0.1) is 11.8 Å². The van der Waals surface area contributed by atoms with E-state index in [1.54, 1.807) is 18.2 Å². The predicted molar refractivity (Wildman–Crippen MR) is 104 cm³/mol. The number of carbonyl (C=O) groups excluding carboxylic acids is 2. The fraction of sp³-hybridized carbons (Fsp3) is 0.600. The van der Waals surface area contributed by atoms with Gasteiger partial charge in [0.05, 0.1) is 4.87 Å². The number of carbonyl (C=O) groups is 2. The molecule has 2 saturated heterocycles. The number of fused-ring (bicyclic) bond motifs is 1. The van der Waals surface area contributed by atoms with Crippen molar-refractivity contribution in [1.82, 2.24) is 9.80 Å². The minimum Gasteiger partial charge on any atom is -0.454 e. The Morgan fingerprint density at radius 1 is 1.15 bits per heavy atom. The molecule has 0 radical (unpaired) electrons. The van der Waals surface area contributed by atoms with Crippen molar-refractivity contribution in [2.45, 2.75) is 38.0 Å². The summed E-state index contributed by atoms with van der Waals surface area (Å²) < 4.78 is 10.7. The van der Waals surface area contributed by atoms with Crippen LogP contribution in [0.1, 0.15) is 43.5 Å². The molecule has 3 aliphatic heterocycles. The van der Waals surface area contributed by atoms with Crippen molar-refractivity contribution >= 4 is 23.6 Å². The lowest BCUT2D eigenvalue weighted by Crippen LogP contribution is -2.53. The molecule has 0 saturated carbocycles. The zero-order valence-corrected chi connectivity index (χ0v) is 16.7. The second-order valence-corrected chi connectivity index (χ2v) is 9.26. The molecule has 27 heavy (non-hydrogen) atoms. The normalized spacial score (nSPS) is 20.6. The molecule has 4 rings (SSSR count). The number of amides is 2. The van der Waals surface area contributed by atoms with Gasteiger partial charge in [0.2, 0.25) is 12.7 Å². The first-order valence-electron chi connectivity index (χ1n) is 9.62. The maximum atomic E-state index is 12.9. The lowest BCUT2D eigenvalue weighted by atomic mass is 9.99. The van der Waals surface area contributed by atoms with E-state index in [0.717, 1.165) is 25.1 Å². The largest absolute Gasteiger partial charge is 0.454 e. The SMILES string of the molecule is CC(C)CC(=O)N1CCSC12CCN(C(=O)c1ccc3c(c1)OCO3)CC2. The Balaban J connectivity index is 1.42. The average molecular weight is 391 g/mol. The zero-order valence-electron chi connectivity index (χ0n) is 15.9. The molecule has 2 amide bonds. The summed E-state index contributed by atoms with van der Waals surface area (Å²) in [7, 11) is 0. The van der Waals surface area contributed by atoms with Gasteiger partial charge in [-0.1, -0.05) is 13.8 Å². The van der Waals surface area contributed by atoms with Gasteiger partial charge in [0.1, 0.15) is 0 Å². The Morgan fingerprint density at radius 2 is 1.89 bits per heavy atom. The van der Waals surface area contributed by atoms with Crippen molar-refractivity contribution in [3.8, 4) is 11.5 Å². The van der Waals surface area contributed by atoms with Gasteiger partial charge < -0.3 is 19.3 Å². The number of rotatable bonds is 3. The number of ether oxygens (including phenoxy) is 2. The van der Waals surface area contributed by atoms with Gasteiger partial charge in [-0.25, -0.2) is 0 Å². The van der Waals surface area contributed by atoms with Crippen LogP contribution in [0.25, 0.3) is 0 Å². The van der Waals surface area contributed by atoms with Crippen molar-refractivity contribution in [3.63, 3.8) is 0 Å². The Hall–Kier alpha value is -1.89. The molecule has 1 spiro atoms. The monoisotopic (exact) mass is 390 g/mol. The van der Waals surface area contributed by atoms with Gasteiger partial charge in [-0.2, -0.15) is 0 Å². The molecule has 3 heterocycles. The molecule has 1 aromatic rings. The third kappa shape index (κ3) is 3.49. The van der Waals surface area contributed by atoms with E-state index in [0.29, 0.717) is 42.5 Å². The van der Waals surface area contributed by atoms with E-state index in [1.165, 1.54) is 0 Å². The molecular formula is C20H26N2O4S. The van der Waals surface area contributed by atoms with Gasteiger partial charge in [-0.3, -0.25) is 9.59 Å². The van der Waals surface area contributed by atoms with Crippen LogP contribution in [0.2, 0.25) is 0 Å². The second kappa shape index (κ2) is 7.26. The summed E-state index contributed by atoms with van der Waals surface area (Å²) >= 11 is 1.89. The fourth-order valence-electron chi connectivity index (χ4n) is 4.11. The standard InChI is InChI=1S/C20H26N2O4S/c1-14(2)11-18(23)22-9-10-27-20(22)5-7-21(8-6-20)19(24)15-3-4-16-17(12-15)26-13-25-16/h3-4,12,14H,5-11,13H2,1-2H3. The highest BCUT2D eigenvalue weighted by Crippen LogP contribution is 2.44. The first-order chi connectivity index (χ1) is 13.0. The van der Waals surface area contributed by atoms with E-state index in [-0.39, 0.29) is 23.5 Å². The van der Waals surface area contributed by atoms with Crippen LogP contribution in [0.15, 0.2) is 18.2 Å². The average Bonchev–Trinajstić information content (AvgIpc) is 3.27. The van der Waals surface area contributed by atoms with Crippen molar-refractivity contribution in [3.05, 3.63) is 23.8 Å². The summed E-state index contributed by atoms with van der Waals surface area (Å²) in [6, 6.07) is 5.35. The molecule has 0 bridgehead atoms. The van der Waals surface area contributed by atoms with E-state index in [9.17, 15) is 9.59 Å². The maximum absolute atomic E-state index is 12.9. The highest BCUT2D eigenvalue weighted by molar-refractivity contribution is 8.00. The Kier molecular flexibility index (Phi) is 4.97. The van der Waals surface area contributed by atoms with E-state index in [4.69, 9.17) is 9.47 Å². The van der Waals surface area contributed by atoms with Gasteiger partial charge >= 0.3 is 0 Å². The second-order valence-electron chi connectivity index (χ2n) is 7.80. The topological polar surface area (TPSA) is 59.1 Å². The first-order valence-corrected chi connectivity index (χ1v) is 10.6. The maximum Gasteiger partial charge on any atom is 0.253 e. The van der Waals surface area contributed by atoms with Crippen LogP contribution in [0, 0.1) is 5.92 Å². The van der Waals surface area contributed by atoms with E-state index < -0.39 is 0 Å². The molecule has 146 valence electrons. The number of nitrogens with zero attached hydrogens (tertiary/aromatic N) is 2. The summed E-state index contributed by atoms with van der Waals surface area (Å²) in [6.45, 7) is 6.54. The molecule has 1 aromatic carbocycles. The number of likely N-dealkylation sites (tertiary alicyclic amines) is 1. The van der Waals surface area contributed by atoms with Crippen LogP contribution in [0.4, 0.5) is 0 Å². The van der Waals surface area contributed by atoms with Gasteiger partial charge in [-0.05, 0) is 37.0 Å². The predicted octanol–water partition coefficient (Wildman–Crippen LogP) is 2.97. The third-order valence-electron chi connectivity index (χ3n) is 5.51. The van der Waals surface area contributed by atoms with Gasteiger partial charge in [0, 0.05) is 37.4 Å². The number of piperidine rings is 1. The fourth-order valence-corrected chi connectivity index (χ4v) is 5.58. The number of hydrogen-bond acceptors (Lipinski definition) is 5. The Morgan fingerprint density at radius 3 is 2.63 bits per heavy atom. The molecule has 0 N–H and O–H groups in total. The van der Waals surface area contributed by atoms with Crippen molar-refractivity contribution < 1.29 is 19.1 Å². The summed E-state index contributed by atoms with van der Waals surface area (Å²) in [5.41, 5.74) is 0.627. The van der Waals surface area contributed by atoms with Crippen molar-refractivity contribution in [1.29, 1.82) is 0 Å².